The number of benzene rings is 1. The summed E-state index contributed by atoms with van der Waals surface area (Å²) in [5.41, 5.74) is 11.2. The molecule has 0 spiro atoms. The van der Waals surface area contributed by atoms with Crippen LogP contribution in [0.3, 0.4) is 0 Å². The van der Waals surface area contributed by atoms with Crippen molar-refractivity contribution in [1.82, 2.24) is 19.5 Å². The number of anilines is 1. The number of amides is 1. The number of hydrogen-bond acceptors (Lipinski definition) is 7. The van der Waals surface area contributed by atoms with Gasteiger partial charge in [0.25, 0.3) is 5.56 Å². The Morgan fingerprint density at radius 3 is 2.55 bits per heavy atom. The lowest BCUT2D eigenvalue weighted by Gasteiger charge is -2.19. The molecule has 3 aromatic rings. The SMILES string of the molecule is CO.Cc1ccccc1-c1cc2cnc(NN3CC4CCCC4C3)nc2n(CC(N)=O)c1=O. The van der Waals surface area contributed by atoms with E-state index >= 15 is 0 Å². The first-order chi connectivity index (χ1) is 16.0. The normalized spacial score (nSPS) is 19.7. The van der Waals surface area contributed by atoms with Gasteiger partial charge in [0.2, 0.25) is 11.9 Å². The lowest BCUT2D eigenvalue weighted by Crippen LogP contribution is -2.31. The highest BCUT2D eigenvalue weighted by atomic mass is 16.2. The van der Waals surface area contributed by atoms with E-state index in [1.165, 1.54) is 23.8 Å². The third-order valence-corrected chi connectivity index (χ3v) is 6.56. The van der Waals surface area contributed by atoms with Crippen LogP contribution >= 0.6 is 0 Å². The first-order valence-corrected chi connectivity index (χ1v) is 11.2. The number of hydrazine groups is 1. The number of aliphatic hydroxyl groups is 1. The van der Waals surface area contributed by atoms with E-state index < -0.39 is 5.91 Å². The van der Waals surface area contributed by atoms with Crippen LogP contribution in [-0.4, -0.2) is 50.8 Å². The molecule has 1 saturated carbocycles. The fourth-order valence-electron chi connectivity index (χ4n) is 5.05. The zero-order valence-electron chi connectivity index (χ0n) is 19.0. The van der Waals surface area contributed by atoms with Crippen molar-refractivity contribution >= 4 is 22.9 Å². The van der Waals surface area contributed by atoms with Crippen molar-refractivity contribution in [3.8, 4) is 11.1 Å². The number of carbonyl (C=O) groups excluding carboxylic acids is 1. The lowest BCUT2D eigenvalue weighted by atomic mass is 10.0. The van der Waals surface area contributed by atoms with Crippen molar-refractivity contribution in [3.05, 3.63) is 52.4 Å². The Morgan fingerprint density at radius 2 is 1.88 bits per heavy atom. The third-order valence-electron chi connectivity index (χ3n) is 6.56. The maximum absolute atomic E-state index is 13.3. The fraction of sp³-hybridized carbons (Fsp3) is 0.417. The van der Waals surface area contributed by atoms with Crippen LogP contribution in [0.1, 0.15) is 24.8 Å². The smallest absolute Gasteiger partial charge is 0.260 e. The molecule has 5 rings (SSSR count). The van der Waals surface area contributed by atoms with Crippen LogP contribution < -0.4 is 16.7 Å². The number of carbonyl (C=O) groups is 1. The Morgan fingerprint density at radius 1 is 1.18 bits per heavy atom. The topological polar surface area (TPSA) is 126 Å². The van der Waals surface area contributed by atoms with Gasteiger partial charge in [0.1, 0.15) is 12.2 Å². The second-order valence-corrected chi connectivity index (χ2v) is 8.67. The summed E-state index contributed by atoms with van der Waals surface area (Å²) < 4.78 is 1.35. The summed E-state index contributed by atoms with van der Waals surface area (Å²) in [6, 6.07) is 9.45. The van der Waals surface area contributed by atoms with Gasteiger partial charge in [0.05, 0.1) is 0 Å². The summed E-state index contributed by atoms with van der Waals surface area (Å²) in [5.74, 6) is 1.30. The Labute approximate surface area is 192 Å². The third kappa shape index (κ3) is 4.60. The second kappa shape index (κ2) is 9.68. The van der Waals surface area contributed by atoms with Crippen LogP contribution in [0.25, 0.3) is 22.2 Å². The molecule has 2 unspecified atom stereocenters. The van der Waals surface area contributed by atoms with Crippen molar-refractivity contribution in [2.45, 2.75) is 32.7 Å². The van der Waals surface area contributed by atoms with Gasteiger partial charge in [-0.1, -0.05) is 30.7 Å². The number of nitrogens with one attached hydrogen (secondary N) is 1. The average Bonchev–Trinajstić information content (AvgIpc) is 3.39. The molecule has 2 atom stereocenters. The summed E-state index contributed by atoms with van der Waals surface area (Å²) in [6.45, 7) is 3.67. The van der Waals surface area contributed by atoms with Crippen LogP contribution in [0, 0.1) is 18.8 Å². The predicted octanol–water partition coefficient (Wildman–Crippen LogP) is 1.92. The van der Waals surface area contributed by atoms with Crippen LogP contribution in [0.4, 0.5) is 5.95 Å². The summed E-state index contributed by atoms with van der Waals surface area (Å²) in [5, 5.41) is 9.84. The number of primary amides is 1. The Bertz CT molecular complexity index is 1210. The number of pyridine rings is 1. The van der Waals surface area contributed by atoms with E-state index in [0.717, 1.165) is 43.2 Å². The number of nitrogens with zero attached hydrogens (tertiary/aromatic N) is 4. The maximum Gasteiger partial charge on any atom is 0.260 e. The molecule has 9 nitrogen and oxygen atoms in total. The van der Waals surface area contributed by atoms with Gasteiger partial charge in [-0.25, -0.2) is 9.99 Å². The van der Waals surface area contributed by atoms with Crippen molar-refractivity contribution in [3.63, 3.8) is 0 Å². The summed E-state index contributed by atoms with van der Waals surface area (Å²) in [6.07, 6.45) is 5.57. The molecule has 0 radical (unpaired) electrons. The number of rotatable bonds is 5. The molecule has 9 heteroatoms. The minimum atomic E-state index is -0.592. The van der Waals surface area contributed by atoms with Crippen molar-refractivity contribution < 1.29 is 9.90 Å². The quantitative estimate of drug-likeness (QED) is 0.542. The van der Waals surface area contributed by atoms with Crippen LogP contribution in [-0.2, 0) is 11.3 Å². The molecule has 1 aliphatic heterocycles. The van der Waals surface area contributed by atoms with Crippen molar-refractivity contribution in [2.75, 3.05) is 25.6 Å². The Kier molecular flexibility index (Phi) is 6.71. The van der Waals surface area contributed by atoms with Crippen LogP contribution in [0.5, 0.6) is 0 Å². The molecule has 0 bridgehead atoms. The second-order valence-electron chi connectivity index (χ2n) is 8.67. The number of aryl methyl sites for hydroxylation is 1. The predicted molar refractivity (Wildman–Crippen MR) is 127 cm³/mol. The van der Waals surface area contributed by atoms with Crippen molar-refractivity contribution in [1.29, 1.82) is 0 Å². The highest BCUT2D eigenvalue weighted by Gasteiger charge is 2.36. The van der Waals surface area contributed by atoms with E-state index in [9.17, 15) is 9.59 Å². The first kappa shape index (κ1) is 22.9. The molecule has 2 aliphatic rings. The lowest BCUT2D eigenvalue weighted by molar-refractivity contribution is -0.118. The van der Waals surface area contributed by atoms with Gasteiger partial charge in [-0.2, -0.15) is 4.98 Å². The standard InChI is InChI=1S/C23H26N6O2.CH4O/c1-14-5-2-3-8-18(14)19-9-17-10-25-23(26-21(17)29(22(19)31)13-20(24)30)27-28-11-15-6-4-7-16(15)12-28;1-2/h2-3,5,8-10,15-16H,4,6-7,11-13H2,1H3,(H2,24,30)(H,25,26,27);2H,1H3. The minimum Gasteiger partial charge on any atom is -0.400 e. The number of nitrogens with two attached hydrogens (primary N) is 1. The molecule has 1 saturated heterocycles. The van der Waals surface area contributed by atoms with Crippen molar-refractivity contribution in [2.24, 2.45) is 17.6 Å². The van der Waals surface area contributed by atoms with Gasteiger partial charge in [-0.3, -0.25) is 19.6 Å². The molecule has 2 fully saturated rings. The zero-order valence-corrected chi connectivity index (χ0v) is 19.0. The van der Waals surface area contributed by atoms with E-state index in [4.69, 9.17) is 10.8 Å². The molecular weight excluding hydrogens is 420 g/mol. The maximum atomic E-state index is 13.3. The van der Waals surface area contributed by atoms with E-state index in [2.05, 4.69) is 20.4 Å². The molecule has 1 amide bonds. The van der Waals surface area contributed by atoms with E-state index in [1.807, 2.05) is 31.2 Å². The van der Waals surface area contributed by atoms with Gasteiger partial charge >= 0.3 is 0 Å². The summed E-state index contributed by atoms with van der Waals surface area (Å²) >= 11 is 0. The molecule has 174 valence electrons. The zero-order chi connectivity index (χ0) is 23.5. The Balaban J connectivity index is 0.00000126. The van der Waals surface area contributed by atoms with E-state index in [0.29, 0.717) is 22.5 Å². The highest BCUT2D eigenvalue weighted by molar-refractivity contribution is 5.84. The number of aromatic nitrogens is 3. The molecule has 1 aliphatic carbocycles. The Hall–Kier alpha value is -3.30. The fourth-order valence-corrected chi connectivity index (χ4v) is 5.05. The largest absolute Gasteiger partial charge is 0.400 e. The van der Waals surface area contributed by atoms with E-state index in [-0.39, 0.29) is 12.1 Å². The monoisotopic (exact) mass is 450 g/mol. The summed E-state index contributed by atoms with van der Waals surface area (Å²) in [7, 11) is 1.00. The molecule has 33 heavy (non-hydrogen) atoms. The van der Waals surface area contributed by atoms with Gasteiger partial charge in [0, 0.05) is 37.3 Å². The molecule has 1 aromatic carbocycles. The van der Waals surface area contributed by atoms with Gasteiger partial charge in [-0.15, -0.1) is 0 Å². The minimum absolute atomic E-state index is 0.237. The molecular formula is C24H30N6O3. The number of aliphatic hydroxyl groups excluding tert-OH is 1. The highest BCUT2D eigenvalue weighted by Crippen LogP contribution is 2.37. The number of hydrogen-bond donors (Lipinski definition) is 3. The molecule has 4 N–H and O–H groups in total. The van der Waals surface area contributed by atoms with Gasteiger partial charge < -0.3 is 10.8 Å². The van der Waals surface area contributed by atoms with Gasteiger partial charge in [-0.05, 0) is 48.8 Å². The molecule has 3 heterocycles. The van der Waals surface area contributed by atoms with Crippen LogP contribution in [0.2, 0.25) is 0 Å². The van der Waals surface area contributed by atoms with E-state index in [1.54, 1.807) is 12.3 Å². The number of fused-ring (bicyclic) bond motifs is 2. The van der Waals surface area contributed by atoms with Gasteiger partial charge in [0.15, 0.2) is 0 Å². The average molecular weight is 451 g/mol. The summed E-state index contributed by atoms with van der Waals surface area (Å²) in [4.78, 5) is 34.1. The van der Waals surface area contributed by atoms with Crippen LogP contribution in [0.15, 0.2) is 41.3 Å². The molecule has 2 aromatic heterocycles. The first-order valence-electron chi connectivity index (χ1n) is 11.2.